The van der Waals surface area contributed by atoms with Gasteiger partial charge in [-0.05, 0) is 32.9 Å². The molecule has 0 aliphatic carbocycles. The zero-order chi connectivity index (χ0) is 13.7. The molecule has 0 saturated carbocycles. The van der Waals surface area contributed by atoms with Crippen LogP contribution in [0.15, 0.2) is 16.7 Å². The molecule has 0 spiro atoms. The van der Waals surface area contributed by atoms with Crippen LogP contribution < -0.4 is 5.32 Å². The van der Waals surface area contributed by atoms with E-state index in [9.17, 15) is 0 Å². The van der Waals surface area contributed by atoms with Crippen molar-refractivity contribution in [1.82, 2.24) is 20.1 Å². The van der Waals surface area contributed by atoms with Crippen LogP contribution in [0.3, 0.4) is 0 Å². The Labute approximate surface area is 114 Å². The summed E-state index contributed by atoms with van der Waals surface area (Å²) >= 11 is 0. The second-order valence-corrected chi connectivity index (χ2v) is 4.60. The van der Waals surface area contributed by atoms with E-state index >= 15 is 0 Å². The topological polar surface area (TPSA) is 55.9 Å². The number of aryl methyl sites for hydroxylation is 2. The Morgan fingerprint density at radius 3 is 2.89 bits per heavy atom. The monoisotopic (exact) mass is 262 g/mol. The summed E-state index contributed by atoms with van der Waals surface area (Å²) in [6, 6.07) is 2.03. The van der Waals surface area contributed by atoms with Gasteiger partial charge in [0, 0.05) is 19.5 Å². The van der Waals surface area contributed by atoms with Crippen molar-refractivity contribution in [3.63, 3.8) is 0 Å². The molecule has 0 aliphatic rings. The highest BCUT2D eigenvalue weighted by Crippen LogP contribution is 2.21. The van der Waals surface area contributed by atoms with E-state index in [-0.39, 0.29) is 0 Å². The number of hydrogen-bond donors (Lipinski definition) is 1. The van der Waals surface area contributed by atoms with Crippen LogP contribution in [-0.2, 0) is 13.0 Å². The Morgan fingerprint density at radius 1 is 1.32 bits per heavy atom. The molecule has 0 amide bonds. The third-order valence-electron chi connectivity index (χ3n) is 2.95. The molecule has 0 atom stereocenters. The predicted octanol–water partition coefficient (Wildman–Crippen LogP) is 2.41. The fraction of sp³-hybridized carbons (Fsp3) is 0.571. The van der Waals surface area contributed by atoms with Crippen LogP contribution in [-0.4, -0.2) is 27.9 Å². The third-order valence-corrected chi connectivity index (χ3v) is 2.95. The van der Waals surface area contributed by atoms with Gasteiger partial charge in [0.15, 0.2) is 11.7 Å². The Morgan fingerprint density at radius 2 is 2.16 bits per heavy atom. The molecule has 2 heterocycles. The number of hydrogen-bond acceptors (Lipinski definition) is 4. The molecule has 0 saturated heterocycles. The smallest absolute Gasteiger partial charge is 0.196 e. The summed E-state index contributed by atoms with van der Waals surface area (Å²) in [6.07, 6.45) is 3.75. The Bertz CT molecular complexity index is 515. The first-order chi connectivity index (χ1) is 9.24. The van der Waals surface area contributed by atoms with E-state index in [2.05, 4.69) is 29.2 Å². The van der Waals surface area contributed by atoms with Gasteiger partial charge in [-0.15, -0.1) is 0 Å². The minimum Gasteiger partial charge on any atom is -0.439 e. The second-order valence-electron chi connectivity index (χ2n) is 4.60. The number of nitrogens with one attached hydrogen (secondary N) is 1. The summed E-state index contributed by atoms with van der Waals surface area (Å²) in [4.78, 5) is 4.33. The summed E-state index contributed by atoms with van der Waals surface area (Å²) < 4.78 is 7.73. The Balaban J connectivity index is 2.03. The van der Waals surface area contributed by atoms with Gasteiger partial charge in [-0.2, -0.15) is 5.10 Å². The van der Waals surface area contributed by atoms with Gasteiger partial charge in [0.1, 0.15) is 5.69 Å². The number of oxazole rings is 1. The van der Waals surface area contributed by atoms with Gasteiger partial charge in [-0.3, -0.25) is 4.68 Å². The molecule has 1 N–H and O–H groups in total. The third kappa shape index (κ3) is 3.44. The van der Waals surface area contributed by atoms with Crippen LogP contribution >= 0.6 is 0 Å². The first-order valence-corrected chi connectivity index (χ1v) is 6.94. The molecule has 2 aromatic rings. The zero-order valence-electron chi connectivity index (χ0n) is 11.9. The highest BCUT2D eigenvalue weighted by Gasteiger charge is 2.12. The Hall–Kier alpha value is -1.62. The van der Waals surface area contributed by atoms with Crippen LogP contribution in [0.25, 0.3) is 11.5 Å². The molecule has 2 rings (SSSR count). The molecular weight excluding hydrogens is 240 g/mol. The van der Waals surface area contributed by atoms with Crippen molar-refractivity contribution >= 4 is 0 Å². The molecule has 0 fully saturated rings. The standard InChI is InChI=1S/C14H22N4O/c1-4-7-15-8-6-14-16-10-13(19-14)12-9-11(3)17-18(12)5-2/h9-10,15H,4-8H2,1-3H3. The summed E-state index contributed by atoms with van der Waals surface area (Å²) in [5.74, 6) is 1.58. The van der Waals surface area contributed by atoms with Gasteiger partial charge in [0.25, 0.3) is 0 Å². The molecule has 2 aromatic heterocycles. The van der Waals surface area contributed by atoms with E-state index in [0.29, 0.717) is 0 Å². The quantitative estimate of drug-likeness (QED) is 0.778. The molecule has 19 heavy (non-hydrogen) atoms. The lowest BCUT2D eigenvalue weighted by molar-refractivity contribution is 0.489. The molecule has 104 valence electrons. The molecule has 0 unspecified atom stereocenters. The average molecular weight is 262 g/mol. The number of aromatic nitrogens is 3. The van der Waals surface area contributed by atoms with E-state index in [4.69, 9.17) is 4.42 Å². The van der Waals surface area contributed by atoms with E-state index in [1.165, 1.54) is 0 Å². The van der Waals surface area contributed by atoms with Gasteiger partial charge >= 0.3 is 0 Å². The zero-order valence-corrected chi connectivity index (χ0v) is 11.9. The summed E-state index contributed by atoms with van der Waals surface area (Å²) in [5.41, 5.74) is 2.00. The first-order valence-electron chi connectivity index (χ1n) is 6.94. The van der Waals surface area contributed by atoms with Gasteiger partial charge in [0.2, 0.25) is 0 Å². The van der Waals surface area contributed by atoms with E-state index in [0.717, 1.165) is 55.5 Å². The largest absolute Gasteiger partial charge is 0.439 e. The second kappa shape index (κ2) is 6.52. The molecule has 0 bridgehead atoms. The van der Waals surface area contributed by atoms with Crippen molar-refractivity contribution in [2.45, 2.75) is 40.2 Å². The molecule has 0 aliphatic heterocycles. The summed E-state index contributed by atoms with van der Waals surface area (Å²) in [6.45, 7) is 8.99. The average Bonchev–Trinajstić information content (AvgIpc) is 3.00. The van der Waals surface area contributed by atoms with Crippen molar-refractivity contribution in [1.29, 1.82) is 0 Å². The summed E-state index contributed by atoms with van der Waals surface area (Å²) in [5, 5.41) is 7.76. The lowest BCUT2D eigenvalue weighted by Gasteiger charge is -2.01. The molecule has 5 nitrogen and oxygen atoms in total. The Kier molecular flexibility index (Phi) is 4.74. The maximum atomic E-state index is 5.79. The first kappa shape index (κ1) is 13.8. The van der Waals surface area contributed by atoms with Crippen molar-refractivity contribution in [2.24, 2.45) is 0 Å². The van der Waals surface area contributed by atoms with Crippen molar-refractivity contribution in [2.75, 3.05) is 13.1 Å². The maximum absolute atomic E-state index is 5.79. The molecule has 5 heteroatoms. The van der Waals surface area contributed by atoms with E-state index < -0.39 is 0 Å². The van der Waals surface area contributed by atoms with Crippen molar-refractivity contribution in [3.8, 4) is 11.5 Å². The predicted molar refractivity (Wildman–Crippen MR) is 75.0 cm³/mol. The number of rotatable bonds is 7. The van der Waals surface area contributed by atoms with Crippen LogP contribution in [0.4, 0.5) is 0 Å². The molecule has 0 radical (unpaired) electrons. The summed E-state index contributed by atoms with van der Waals surface area (Å²) in [7, 11) is 0. The van der Waals surface area contributed by atoms with Crippen LogP contribution in [0.2, 0.25) is 0 Å². The highest BCUT2D eigenvalue weighted by atomic mass is 16.4. The van der Waals surface area contributed by atoms with E-state index in [1.54, 1.807) is 6.20 Å². The van der Waals surface area contributed by atoms with Crippen LogP contribution in [0, 0.1) is 6.92 Å². The molecular formula is C14H22N4O. The minimum atomic E-state index is 0.778. The highest BCUT2D eigenvalue weighted by molar-refractivity contribution is 5.51. The normalized spacial score (nSPS) is 11.1. The number of nitrogens with zero attached hydrogens (tertiary/aromatic N) is 3. The van der Waals surface area contributed by atoms with Crippen LogP contribution in [0.1, 0.15) is 31.9 Å². The van der Waals surface area contributed by atoms with Gasteiger partial charge in [0.05, 0.1) is 11.9 Å². The minimum absolute atomic E-state index is 0.778. The maximum Gasteiger partial charge on any atom is 0.196 e. The van der Waals surface area contributed by atoms with Gasteiger partial charge < -0.3 is 9.73 Å². The van der Waals surface area contributed by atoms with Crippen molar-refractivity contribution in [3.05, 3.63) is 23.8 Å². The lowest BCUT2D eigenvalue weighted by atomic mass is 10.3. The van der Waals surface area contributed by atoms with Crippen molar-refractivity contribution < 1.29 is 4.42 Å². The fourth-order valence-electron chi connectivity index (χ4n) is 2.03. The lowest BCUT2D eigenvalue weighted by Crippen LogP contribution is -2.17. The van der Waals surface area contributed by atoms with Crippen LogP contribution in [0.5, 0.6) is 0 Å². The SMILES string of the molecule is CCCNCCc1ncc(-c2cc(C)nn2CC)o1. The van der Waals surface area contributed by atoms with Gasteiger partial charge in [-0.25, -0.2) is 4.98 Å². The van der Waals surface area contributed by atoms with E-state index in [1.807, 2.05) is 17.7 Å². The molecule has 0 aromatic carbocycles. The fourth-order valence-corrected chi connectivity index (χ4v) is 2.03. The van der Waals surface area contributed by atoms with Gasteiger partial charge in [-0.1, -0.05) is 6.92 Å².